The van der Waals surface area contributed by atoms with Crippen molar-refractivity contribution in [2.24, 2.45) is 0 Å². The molecule has 2 heterocycles. The van der Waals surface area contributed by atoms with Gasteiger partial charge in [-0.3, -0.25) is 14.2 Å². The first-order chi connectivity index (χ1) is 19.3. The first kappa shape index (κ1) is 31.6. The van der Waals surface area contributed by atoms with Crippen molar-refractivity contribution in [2.45, 2.75) is 44.2 Å². The summed E-state index contributed by atoms with van der Waals surface area (Å²) >= 11 is 7.22. The third-order valence-electron chi connectivity index (χ3n) is 5.57. The molecule has 41 heavy (non-hydrogen) atoms. The number of carbonyl (C=O) groups is 3. The number of hydrogen-bond acceptors (Lipinski definition) is 7. The maximum Gasteiger partial charge on any atom is 0.503 e. The smallest absolute Gasteiger partial charge is 0.450 e. The molecule has 4 rings (SSSR count). The largest absolute Gasteiger partial charge is 0.503 e. The molecule has 1 fully saturated rings. The molecule has 17 heteroatoms. The number of carbonyl (C=O) groups excluding carboxylic acids is 2. The zero-order chi connectivity index (χ0) is 30.3. The summed E-state index contributed by atoms with van der Waals surface area (Å²) in [6.45, 7) is -0.182. The molecule has 0 spiro atoms. The standard InChI is InChI=1S/C23H23ClF3N5O4S.CH2O3/c1-36-10-9-31-20(16-7-8-17(24)37-16)30-32(22(31)35)12-18(33)29-19(21(34)28-15-5-6-15)13-3-2-4-14(11-13)23(25,26)27;2-1(3)4/h2-4,7-8,11,15,19H,5-6,9-10,12H2,1H3,(H,28,34)(H,29,33);(H2,2,3,4). The van der Waals surface area contributed by atoms with Crippen molar-refractivity contribution in [3.63, 3.8) is 0 Å². The van der Waals surface area contributed by atoms with Crippen molar-refractivity contribution in [3.05, 3.63) is 62.3 Å². The van der Waals surface area contributed by atoms with E-state index in [1.807, 2.05) is 0 Å². The molecule has 2 amide bonds. The molecule has 1 aliphatic carbocycles. The molecule has 1 atom stereocenters. The maximum atomic E-state index is 13.3. The van der Waals surface area contributed by atoms with Crippen LogP contribution in [0, 0.1) is 0 Å². The average molecular weight is 620 g/mol. The van der Waals surface area contributed by atoms with Crippen LogP contribution in [0.2, 0.25) is 4.34 Å². The van der Waals surface area contributed by atoms with Crippen molar-refractivity contribution in [2.75, 3.05) is 13.7 Å². The van der Waals surface area contributed by atoms with E-state index in [1.54, 1.807) is 12.1 Å². The van der Waals surface area contributed by atoms with Gasteiger partial charge in [0.05, 0.1) is 27.9 Å². The Balaban J connectivity index is 0.00000108. The highest BCUT2D eigenvalue weighted by Gasteiger charge is 2.34. The van der Waals surface area contributed by atoms with Gasteiger partial charge in [-0.1, -0.05) is 23.7 Å². The molecule has 12 nitrogen and oxygen atoms in total. The number of amides is 2. The fraction of sp³-hybridized carbons (Fsp3) is 0.375. The minimum absolute atomic E-state index is 0.0341. The monoisotopic (exact) mass is 619 g/mol. The van der Waals surface area contributed by atoms with Crippen molar-refractivity contribution in [3.8, 4) is 10.7 Å². The van der Waals surface area contributed by atoms with Gasteiger partial charge >= 0.3 is 18.0 Å². The lowest BCUT2D eigenvalue weighted by molar-refractivity contribution is -0.137. The highest BCUT2D eigenvalue weighted by molar-refractivity contribution is 7.19. The number of nitrogens with one attached hydrogen (secondary N) is 2. The Labute approximate surface area is 239 Å². The zero-order valence-electron chi connectivity index (χ0n) is 21.4. The van der Waals surface area contributed by atoms with Crippen LogP contribution in [0.1, 0.15) is 30.0 Å². The van der Waals surface area contributed by atoms with Gasteiger partial charge in [0.1, 0.15) is 12.6 Å². The van der Waals surface area contributed by atoms with Gasteiger partial charge < -0.3 is 25.6 Å². The van der Waals surface area contributed by atoms with E-state index in [0.717, 1.165) is 29.7 Å². The highest BCUT2D eigenvalue weighted by Crippen LogP contribution is 2.31. The SMILES string of the molecule is COCCn1c(-c2ccc(Cl)s2)nn(CC(=O)NC(C(=O)NC2CC2)c2cccc(C(F)(F)F)c2)c1=O.O=C(O)O. The predicted molar refractivity (Wildman–Crippen MR) is 141 cm³/mol. The second-order valence-electron chi connectivity index (χ2n) is 8.70. The van der Waals surface area contributed by atoms with Crippen molar-refractivity contribution in [1.29, 1.82) is 0 Å². The summed E-state index contributed by atoms with van der Waals surface area (Å²) in [6, 6.07) is 6.06. The average Bonchev–Trinajstić information content (AvgIpc) is 3.52. The van der Waals surface area contributed by atoms with Gasteiger partial charge in [-0.2, -0.15) is 13.2 Å². The summed E-state index contributed by atoms with van der Waals surface area (Å²) in [5.74, 6) is -1.13. The number of hydrogen-bond donors (Lipinski definition) is 4. The van der Waals surface area contributed by atoms with Gasteiger partial charge in [-0.05, 0) is 42.7 Å². The fourth-order valence-corrected chi connectivity index (χ4v) is 4.63. The van der Waals surface area contributed by atoms with Gasteiger partial charge in [-0.15, -0.1) is 16.4 Å². The number of rotatable bonds is 10. The second-order valence-corrected chi connectivity index (χ2v) is 10.4. The number of carboxylic acid groups (broad SMARTS) is 2. The van der Waals surface area contributed by atoms with E-state index in [-0.39, 0.29) is 30.6 Å². The van der Waals surface area contributed by atoms with Gasteiger partial charge in [0, 0.05) is 13.2 Å². The summed E-state index contributed by atoms with van der Waals surface area (Å²) < 4.78 is 47.6. The van der Waals surface area contributed by atoms with Crippen LogP contribution in [0.25, 0.3) is 10.7 Å². The van der Waals surface area contributed by atoms with Crippen LogP contribution in [0.5, 0.6) is 0 Å². The molecule has 0 saturated heterocycles. The number of ether oxygens (including phenoxy) is 1. The van der Waals surface area contributed by atoms with E-state index in [2.05, 4.69) is 15.7 Å². The summed E-state index contributed by atoms with van der Waals surface area (Å²) in [4.78, 5) is 48.0. The van der Waals surface area contributed by atoms with E-state index in [0.29, 0.717) is 9.21 Å². The summed E-state index contributed by atoms with van der Waals surface area (Å²) in [6.07, 6.45) is -4.96. The molecular weight excluding hydrogens is 595 g/mol. The Bertz CT molecular complexity index is 1450. The molecule has 1 aromatic carbocycles. The first-order valence-electron chi connectivity index (χ1n) is 11.9. The molecule has 0 bridgehead atoms. The van der Waals surface area contributed by atoms with Crippen LogP contribution < -0.4 is 16.3 Å². The normalized spacial score (nSPS) is 13.6. The third-order valence-corrected chi connectivity index (χ3v) is 6.79. The minimum atomic E-state index is -4.62. The predicted octanol–water partition coefficient (Wildman–Crippen LogP) is 3.45. The van der Waals surface area contributed by atoms with Crippen molar-refractivity contribution < 1.29 is 42.5 Å². The van der Waals surface area contributed by atoms with E-state index in [4.69, 9.17) is 31.3 Å². The molecular formula is C24H25ClF3N5O7S. The Morgan fingerprint density at radius 1 is 1.22 bits per heavy atom. The fourth-order valence-electron chi connectivity index (χ4n) is 3.59. The Morgan fingerprint density at radius 2 is 1.90 bits per heavy atom. The molecule has 222 valence electrons. The number of nitrogens with zero attached hydrogens (tertiary/aromatic N) is 3. The number of methoxy groups -OCH3 is 1. The zero-order valence-corrected chi connectivity index (χ0v) is 22.9. The molecule has 1 aliphatic rings. The lowest BCUT2D eigenvalue weighted by atomic mass is 10.0. The highest BCUT2D eigenvalue weighted by atomic mass is 35.5. The Hall–Kier alpha value is -3.89. The maximum absolute atomic E-state index is 13.3. The quantitative estimate of drug-likeness (QED) is 0.268. The molecule has 1 saturated carbocycles. The van der Waals surface area contributed by atoms with Crippen LogP contribution in [-0.4, -0.2) is 62.3 Å². The van der Waals surface area contributed by atoms with E-state index >= 15 is 0 Å². The first-order valence-corrected chi connectivity index (χ1v) is 13.1. The topological polar surface area (TPSA) is 165 Å². The minimum Gasteiger partial charge on any atom is -0.450 e. The van der Waals surface area contributed by atoms with Gasteiger partial charge in [0.25, 0.3) is 0 Å². The lowest BCUT2D eigenvalue weighted by Gasteiger charge is -2.20. The van der Waals surface area contributed by atoms with Crippen LogP contribution >= 0.6 is 22.9 Å². The van der Waals surface area contributed by atoms with Crippen LogP contribution in [0.4, 0.5) is 18.0 Å². The number of halogens is 4. The summed E-state index contributed by atoms with van der Waals surface area (Å²) in [5.41, 5.74) is -1.58. The van der Waals surface area contributed by atoms with Crippen molar-refractivity contribution in [1.82, 2.24) is 25.0 Å². The van der Waals surface area contributed by atoms with Crippen LogP contribution in [0.15, 0.2) is 41.2 Å². The van der Waals surface area contributed by atoms with E-state index < -0.39 is 48.0 Å². The number of alkyl halides is 3. The molecule has 0 aliphatic heterocycles. The van der Waals surface area contributed by atoms with E-state index in [9.17, 15) is 27.6 Å². The third kappa shape index (κ3) is 9.06. The van der Waals surface area contributed by atoms with Gasteiger partial charge in [0.15, 0.2) is 5.82 Å². The molecule has 1 unspecified atom stereocenters. The molecule has 2 aromatic heterocycles. The second kappa shape index (κ2) is 13.6. The van der Waals surface area contributed by atoms with E-state index in [1.165, 1.54) is 35.1 Å². The molecule has 0 radical (unpaired) electrons. The Kier molecular flexibility index (Phi) is 10.5. The molecule has 3 aromatic rings. The lowest BCUT2D eigenvalue weighted by Crippen LogP contribution is -2.43. The van der Waals surface area contributed by atoms with Gasteiger partial charge in [-0.25, -0.2) is 14.3 Å². The molecule has 4 N–H and O–H groups in total. The van der Waals surface area contributed by atoms with Crippen LogP contribution in [0.3, 0.4) is 0 Å². The van der Waals surface area contributed by atoms with Gasteiger partial charge in [0.2, 0.25) is 11.8 Å². The number of thiophene rings is 1. The van der Waals surface area contributed by atoms with Crippen molar-refractivity contribution >= 4 is 40.9 Å². The summed E-state index contributed by atoms with van der Waals surface area (Å²) in [7, 11) is 1.48. The van der Waals surface area contributed by atoms with Crippen LogP contribution in [-0.2, 0) is 33.6 Å². The number of benzene rings is 1. The number of aromatic nitrogens is 3. The summed E-state index contributed by atoms with van der Waals surface area (Å²) in [5, 5.41) is 23.4. The Morgan fingerprint density at radius 3 is 2.46 bits per heavy atom.